The normalized spacial score (nSPS) is 20.0. The number of thioether (sulfide) groups is 1. The van der Waals surface area contributed by atoms with E-state index >= 15 is 0 Å². The summed E-state index contributed by atoms with van der Waals surface area (Å²) in [5.74, 6) is 1.58. The van der Waals surface area contributed by atoms with Gasteiger partial charge in [-0.05, 0) is 59.2 Å². The summed E-state index contributed by atoms with van der Waals surface area (Å²) in [5.41, 5.74) is 7.60. The van der Waals surface area contributed by atoms with E-state index in [0.717, 1.165) is 17.7 Å². The van der Waals surface area contributed by atoms with Crippen LogP contribution in [-0.4, -0.2) is 29.9 Å². The van der Waals surface area contributed by atoms with Crippen LogP contribution in [0.5, 0.6) is 0 Å². The quantitative estimate of drug-likeness (QED) is 0.521. The molecule has 3 aromatic rings. The van der Waals surface area contributed by atoms with Crippen molar-refractivity contribution >= 4 is 29.3 Å². The van der Waals surface area contributed by atoms with E-state index in [0.29, 0.717) is 24.3 Å². The molecular weight excluding hydrogens is 428 g/mol. The summed E-state index contributed by atoms with van der Waals surface area (Å²) in [6.07, 6.45) is 1.06. The number of anilines is 1. The monoisotopic (exact) mass is 456 g/mol. The minimum Gasteiger partial charge on any atom is -0.355 e. The zero-order valence-corrected chi connectivity index (χ0v) is 19.5. The first-order valence-electron chi connectivity index (χ1n) is 11.5. The largest absolute Gasteiger partial charge is 0.355 e. The average Bonchev–Trinajstić information content (AvgIpc) is 2.83. The highest BCUT2D eigenvalue weighted by Crippen LogP contribution is 2.55. The van der Waals surface area contributed by atoms with Crippen molar-refractivity contribution in [1.29, 1.82) is 0 Å². The number of rotatable bonds is 7. The van der Waals surface area contributed by atoms with Crippen LogP contribution in [0, 0.1) is 12.8 Å². The molecule has 2 amide bonds. The second-order valence-corrected chi connectivity index (χ2v) is 9.98. The number of nitrogens with one attached hydrogen (secondary N) is 2. The molecule has 0 radical (unpaired) electrons. The number of carbonyl (C=O) groups is 2. The predicted octanol–water partition coefficient (Wildman–Crippen LogP) is 5.08. The van der Waals surface area contributed by atoms with E-state index in [9.17, 15) is 9.59 Å². The summed E-state index contributed by atoms with van der Waals surface area (Å²) in [6, 6.07) is 25.2. The van der Waals surface area contributed by atoms with Crippen LogP contribution >= 0.6 is 11.8 Å². The van der Waals surface area contributed by atoms with Gasteiger partial charge in [0.25, 0.3) is 0 Å². The molecule has 6 rings (SSSR count). The summed E-state index contributed by atoms with van der Waals surface area (Å²) in [4.78, 5) is 24.7. The lowest BCUT2D eigenvalue weighted by Crippen LogP contribution is -2.39. The molecule has 2 bridgehead atoms. The molecule has 3 aromatic carbocycles. The van der Waals surface area contributed by atoms with Crippen molar-refractivity contribution in [3.8, 4) is 0 Å². The second-order valence-electron chi connectivity index (χ2n) is 9.00. The Morgan fingerprint density at radius 1 is 0.848 bits per heavy atom. The molecular formula is C28H28N2O2S. The fourth-order valence-electron chi connectivity index (χ4n) is 5.41. The van der Waals surface area contributed by atoms with Crippen LogP contribution in [0.25, 0.3) is 0 Å². The Morgan fingerprint density at radius 3 is 2.15 bits per heavy atom. The van der Waals surface area contributed by atoms with Gasteiger partial charge in [0.15, 0.2) is 0 Å². The van der Waals surface area contributed by atoms with Crippen LogP contribution < -0.4 is 10.6 Å². The highest BCUT2D eigenvalue weighted by molar-refractivity contribution is 8.00. The molecule has 0 aromatic heterocycles. The van der Waals surface area contributed by atoms with Gasteiger partial charge in [0.05, 0.1) is 11.5 Å². The predicted molar refractivity (Wildman–Crippen MR) is 135 cm³/mol. The first-order chi connectivity index (χ1) is 16.1. The summed E-state index contributed by atoms with van der Waals surface area (Å²) in [6.45, 7) is 2.66. The first kappa shape index (κ1) is 21.8. The zero-order chi connectivity index (χ0) is 22.8. The molecule has 1 unspecified atom stereocenters. The highest BCUT2D eigenvalue weighted by Gasteiger charge is 2.42. The Labute approximate surface area is 199 Å². The van der Waals surface area contributed by atoms with Crippen LogP contribution in [0.2, 0.25) is 0 Å². The van der Waals surface area contributed by atoms with Crippen molar-refractivity contribution in [3.63, 3.8) is 0 Å². The lowest BCUT2D eigenvalue weighted by Gasteiger charge is -2.45. The standard InChI is InChI=1S/C28H28N2O2S/c1-18-7-6-8-20(13-18)30-27(32)17-33-16-26(31)29-15-19-14-25-21-9-2-4-11-23(21)28(19)24-12-5-3-10-22(24)25/h2-13,19,25,28H,14-17H2,1H3,(H,29,31)(H,30,32). The molecule has 3 aliphatic carbocycles. The topological polar surface area (TPSA) is 58.2 Å². The summed E-state index contributed by atoms with van der Waals surface area (Å²) < 4.78 is 0. The van der Waals surface area contributed by atoms with Crippen LogP contribution in [0.3, 0.4) is 0 Å². The number of hydrogen-bond donors (Lipinski definition) is 2. The highest BCUT2D eigenvalue weighted by atomic mass is 32.2. The van der Waals surface area contributed by atoms with Crippen LogP contribution in [0.15, 0.2) is 72.8 Å². The van der Waals surface area contributed by atoms with Gasteiger partial charge in [-0.25, -0.2) is 0 Å². The Kier molecular flexibility index (Phi) is 6.23. The minimum atomic E-state index is -0.0868. The van der Waals surface area contributed by atoms with Crippen LogP contribution in [0.1, 0.15) is 46.1 Å². The maximum Gasteiger partial charge on any atom is 0.234 e. The lowest BCUT2D eigenvalue weighted by molar-refractivity contribution is -0.118. The molecule has 2 N–H and O–H groups in total. The third kappa shape index (κ3) is 4.55. The Bertz CT molecular complexity index is 1140. The third-order valence-electron chi connectivity index (χ3n) is 6.75. The van der Waals surface area contributed by atoms with Crippen LogP contribution in [-0.2, 0) is 9.59 Å². The van der Waals surface area contributed by atoms with Crippen molar-refractivity contribution in [2.75, 3.05) is 23.4 Å². The molecule has 0 saturated heterocycles. The van der Waals surface area contributed by atoms with E-state index in [-0.39, 0.29) is 23.3 Å². The van der Waals surface area contributed by atoms with E-state index in [1.54, 1.807) is 0 Å². The summed E-state index contributed by atoms with van der Waals surface area (Å²) in [7, 11) is 0. The molecule has 4 nitrogen and oxygen atoms in total. The number of fused-ring (bicyclic) bond motifs is 1. The van der Waals surface area contributed by atoms with E-state index in [1.165, 1.54) is 34.0 Å². The number of benzene rings is 3. The molecule has 0 heterocycles. The third-order valence-corrected chi connectivity index (χ3v) is 7.69. The van der Waals surface area contributed by atoms with Crippen molar-refractivity contribution in [1.82, 2.24) is 5.32 Å². The van der Waals surface area contributed by atoms with Gasteiger partial charge < -0.3 is 10.6 Å². The molecule has 0 saturated carbocycles. The SMILES string of the molecule is Cc1cccc(NC(=O)CSCC(=O)NCC2CC3c4ccccc4C2c2ccccc23)c1. The molecule has 33 heavy (non-hydrogen) atoms. The maximum atomic E-state index is 12.5. The van der Waals surface area contributed by atoms with Crippen molar-refractivity contribution < 1.29 is 9.59 Å². The molecule has 3 aliphatic rings. The molecule has 0 aliphatic heterocycles. The van der Waals surface area contributed by atoms with Gasteiger partial charge in [0.1, 0.15) is 0 Å². The van der Waals surface area contributed by atoms with Crippen molar-refractivity contribution in [3.05, 3.63) is 101 Å². The smallest absolute Gasteiger partial charge is 0.234 e. The number of aryl methyl sites for hydroxylation is 1. The van der Waals surface area contributed by atoms with Gasteiger partial charge in [-0.2, -0.15) is 0 Å². The van der Waals surface area contributed by atoms with Gasteiger partial charge in [0, 0.05) is 24.1 Å². The molecule has 1 atom stereocenters. The minimum absolute atomic E-state index is 0.00799. The number of amides is 2. The van der Waals surface area contributed by atoms with Gasteiger partial charge in [-0.15, -0.1) is 11.8 Å². The Hall–Kier alpha value is -3.05. The van der Waals surface area contributed by atoms with E-state index in [2.05, 4.69) is 59.2 Å². The lowest BCUT2D eigenvalue weighted by atomic mass is 9.59. The fraction of sp³-hybridized carbons (Fsp3) is 0.286. The fourth-order valence-corrected chi connectivity index (χ4v) is 6.06. The van der Waals surface area contributed by atoms with Gasteiger partial charge in [-0.3, -0.25) is 9.59 Å². The van der Waals surface area contributed by atoms with E-state index in [1.807, 2.05) is 31.2 Å². The van der Waals surface area contributed by atoms with Gasteiger partial charge in [-0.1, -0.05) is 60.7 Å². The van der Waals surface area contributed by atoms with Crippen LogP contribution in [0.4, 0.5) is 5.69 Å². The first-order valence-corrected chi connectivity index (χ1v) is 12.6. The van der Waals surface area contributed by atoms with Gasteiger partial charge >= 0.3 is 0 Å². The zero-order valence-electron chi connectivity index (χ0n) is 18.7. The average molecular weight is 457 g/mol. The number of carbonyl (C=O) groups excluding carboxylic acids is 2. The second kappa shape index (κ2) is 9.44. The summed E-state index contributed by atoms with van der Waals surface area (Å²) in [5, 5.41) is 6.02. The van der Waals surface area contributed by atoms with Gasteiger partial charge in [0.2, 0.25) is 11.8 Å². The Balaban J connectivity index is 1.15. The molecule has 168 valence electrons. The van der Waals surface area contributed by atoms with Crippen molar-refractivity contribution in [2.24, 2.45) is 5.92 Å². The number of hydrogen-bond acceptors (Lipinski definition) is 3. The molecule has 5 heteroatoms. The Morgan fingerprint density at radius 2 is 1.48 bits per heavy atom. The maximum absolute atomic E-state index is 12.5. The van der Waals surface area contributed by atoms with E-state index < -0.39 is 0 Å². The van der Waals surface area contributed by atoms with Crippen molar-refractivity contribution in [2.45, 2.75) is 25.2 Å². The molecule has 0 fully saturated rings. The summed E-state index contributed by atoms with van der Waals surface area (Å²) >= 11 is 1.35. The van der Waals surface area contributed by atoms with E-state index in [4.69, 9.17) is 0 Å². The molecule has 0 spiro atoms.